The van der Waals surface area contributed by atoms with Gasteiger partial charge in [-0.3, -0.25) is 4.79 Å². The van der Waals surface area contributed by atoms with Gasteiger partial charge in [-0.05, 0) is 5.56 Å². The third-order valence-electron chi connectivity index (χ3n) is 2.10. The van der Waals surface area contributed by atoms with E-state index in [9.17, 15) is 4.79 Å². The molecule has 1 aromatic heterocycles. The van der Waals surface area contributed by atoms with Crippen LogP contribution in [0.5, 0.6) is 0 Å². The molecule has 0 fully saturated rings. The Morgan fingerprint density at radius 2 is 2.06 bits per heavy atom. The second-order valence-electron chi connectivity index (χ2n) is 3.17. The molecule has 0 saturated carbocycles. The molecule has 0 spiro atoms. The summed E-state index contributed by atoms with van der Waals surface area (Å²) in [5, 5.41) is 12.6. The first-order valence-electron chi connectivity index (χ1n) is 4.55. The third-order valence-corrected chi connectivity index (χ3v) is 2.10. The fraction of sp³-hybridized carbons (Fsp3) is 0.100. The van der Waals surface area contributed by atoms with E-state index in [2.05, 4.69) is 14.7 Å². The molecule has 2 rings (SSSR count). The van der Waals surface area contributed by atoms with Crippen LogP contribution in [0.1, 0.15) is 17.3 Å². The summed E-state index contributed by atoms with van der Waals surface area (Å²) in [4.78, 5) is 14.9. The summed E-state index contributed by atoms with van der Waals surface area (Å²) in [7, 11) is 0. The van der Waals surface area contributed by atoms with Crippen molar-refractivity contribution in [2.45, 2.75) is 5.92 Å². The van der Waals surface area contributed by atoms with Crippen molar-refractivity contribution in [1.82, 2.24) is 10.1 Å². The number of nitrogens with zero attached hydrogens (tertiary/aromatic N) is 2. The van der Waals surface area contributed by atoms with Gasteiger partial charge in [-0.2, -0.15) is 4.98 Å². The third kappa shape index (κ3) is 1.85. The summed E-state index contributed by atoms with van der Waals surface area (Å²) in [6, 6.07) is 8.52. The van der Waals surface area contributed by atoms with Crippen LogP contribution in [-0.2, 0) is 4.79 Å². The van der Waals surface area contributed by atoms with Crippen molar-refractivity contribution in [1.29, 1.82) is 0 Å². The lowest BCUT2D eigenvalue weighted by Crippen LogP contribution is -2.14. The van der Waals surface area contributed by atoms with Crippen LogP contribution >= 0.6 is 0 Å². The molecule has 0 amide bonds. The van der Waals surface area contributed by atoms with E-state index < -0.39 is 11.9 Å². The van der Waals surface area contributed by atoms with Crippen LogP contribution in [0.3, 0.4) is 0 Å². The number of anilines is 1. The van der Waals surface area contributed by atoms with Crippen LogP contribution in [0.25, 0.3) is 0 Å². The van der Waals surface area contributed by atoms with Gasteiger partial charge in [0.05, 0.1) is 0 Å². The molecule has 1 atom stereocenters. The number of hydrogen-bond donors (Lipinski definition) is 2. The molecule has 0 aliphatic heterocycles. The average molecular weight is 219 g/mol. The normalized spacial score (nSPS) is 12.2. The van der Waals surface area contributed by atoms with Crippen molar-refractivity contribution in [3.8, 4) is 0 Å². The number of nitrogen functional groups attached to an aromatic ring is 1. The van der Waals surface area contributed by atoms with Crippen LogP contribution in [0.15, 0.2) is 34.9 Å². The van der Waals surface area contributed by atoms with E-state index in [0.29, 0.717) is 5.56 Å². The summed E-state index contributed by atoms with van der Waals surface area (Å²) < 4.78 is 4.57. The number of nitrogens with two attached hydrogens (primary N) is 1. The van der Waals surface area contributed by atoms with Crippen molar-refractivity contribution in [2.75, 3.05) is 5.73 Å². The quantitative estimate of drug-likeness (QED) is 0.793. The molecule has 1 heterocycles. The first-order valence-corrected chi connectivity index (χ1v) is 4.55. The summed E-state index contributed by atoms with van der Waals surface area (Å²) in [6.45, 7) is 0. The Balaban J connectivity index is 2.43. The molecule has 0 bridgehead atoms. The first kappa shape index (κ1) is 10.2. The molecule has 0 aliphatic rings. The second-order valence-corrected chi connectivity index (χ2v) is 3.17. The molecule has 6 heteroatoms. The van der Waals surface area contributed by atoms with E-state index in [4.69, 9.17) is 10.8 Å². The topological polar surface area (TPSA) is 102 Å². The number of hydrogen-bond acceptors (Lipinski definition) is 5. The Morgan fingerprint density at radius 3 is 2.56 bits per heavy atom. The molecule has 3 N–H and O–H groups in total. The second kappa shape index (κ2) is 4.01. The highest BCUT2D eigenvalue weighted by atomic mass is 16.5. The van der Waals surface area contributed by atoms with Gasteiger partial charge in [0.1, 0.15) is 5.92 Å². The Morgan fingerprint density at radius 1 is 1.38 bits per heavy atom. The van der Waals surface area contributed by atoms with Crippen molar-refractivity contribution in [3.63, 3.8) is 0 Å². The highest BCUT2D eigenvalue weighted by Crippen LogP contribution is 2.22. The van der Waals surface area contributed by atoms with Crippen molar-refractivity contribution < 1.29 is 14.4 Å². The fourth-order valence-electron chi connectivity index (χ4n) is 1.41. The summed E-state index contributed by atoms with van der Waals surface area (Å²) in [5.74, 6) is -1.95. The average Bonchev–Trinajstić information content (AvgIpc) is 2.66. The number of carbonyl (C=O) groups is 1. The minimum absolute atomic E-state index is 0.0520. The monoisotopic (exact) mass is 219 g/mol. The molecule has 1 aromatic carbocycles. The predicted octanol–water partition coefficient (Wildman–Crippen LogP) is 0.868. The Bertz CT molecular complexity index is 495. The molecule has 0 aliphatic carbocycles. The van der Waals surface area contributed by atoms with Crippen molar-refractivity contribution >= 4 is 12.0 Å². The summed E-state index contributed by atoms with van der Waals surface area (Å²) >= 11 is 0. The van der Waals surface area contributed by atoms with Crippen molar-refractivity contribution in [3.05, 3.63) is 41.7 Å². The van der Waals surface area contributed by atoms with Gasteiger partial charge in [0.15, 0.2) is 5.82 Å². The lowest BCUT2D eigenvalue weighted by atomic mass is 9.99. The largest absolute Gasteiger partial charge is 0.480 e. The van der Waals surface area contributed by atoms with Gasteiger partial charge in [0.25, 0.3) is 0 Å². The molecule has 16 heavy (non-hydrogen) atoms. The molecule has 82 valence electrons. The predicted molar refractivity (Wildman–Crippen MR) is 54.6 cm³/mol. The minimum atomic E-state index is -1.05. The van der Waals surface area contributed by atoms with E-state index in [-0.39, 0.29) is 11.8 Å². The van der Waals surface area contributed by atoms with E-state index in [1.807, 2.05) is 0 Å². The highest BCUT2D eigenvalue weighted by Gasteiger charge is 2.26. The van der Waals surface area contributed by atoms with Gasteiger partial charge < -0.3 is 15.4 Å². The van der Waals surface area contributed by atoms with Crippen LogP contribution < -0.4 is 5.73 Å². The molecule has 0 saturated heterocycles. The minimum Gasteiger partial charge on any atom is -0.480 e. The SMILES string of the molecule is Nc1nc(C(C(=O)O)c2ccccc2)no1. The number of carboxylic acids is 1. The maximum Gasteiger partial charge on any atom is 0.318 e. The number of benzene rings is 1. The van der Waals surface area contributed by atoms with Crippen molar-refractivity contribution in [2.24, 2.45) is 0 Å². The first-order chi connectivity index (χ1) is 7.68. The highest BCUT2D eigenvalue weighted by molar-refractivity contribution is 5.79. The van der Waals surface area contributed by atoms with Gasteiger partial charge in [-0.15, -0.1) is 0 Å². The lowest BCUT2D eigenvalue weighted by molar-refractivity contribution is -0.137. The number of rotatable bonds is 3. The van der Waals surface area contributed by atoms with Crippen LogP contribution in [-0.4, -0.2) is 21.2 Å². The Hall–Kier alpha value is -2.37. The van der Waals surface area contributed by atoms with E-state index >= 15 is 0 Å². The van der Waals surface area contributed by atoms with Gasteiger partial charge in [-0.1, -0.05) is 35.5 Å². The lowest BCUT2D eigenvalue weighted by Gasteiger charge is -2.07. The summed E-state index contributed by atoms with van der Waals surface area (Å²) in [6.07, 6.45) is 0. The van der Waals surface area contributed by atoms with Gasteiger partial charge in [0, 0.05) is 0 Å². The maximum atomic E-state index is 11.1. The van der Waals surface area contributed by atoms with E-state index in [1.54, 1.807) is 30.3 Å². The van der Waals surface area contributed by atoms with Gasteiger partial charge in [-0.25, -0.2) is 0 Å². The zero-order valence-electron chi connectivity index (χ0n) is 8.20. The van der Waals surface area contributed by atoms with Crippen LogP contribution in [0.4, 0.5) is 6.01 Å². The van der Waals surface area contributed by atoms with Crippen LogP contribution in [0.2, 0.25) is 0 Å². The molecule has 1 unspecified atom stereocenters. The number of carboxylic acid groups (broad SMARTS) is 1. The van der Waals surface area contributed by atoms with E-state index in [1.165, 1.54) is 0 Å². The molecule has 6 nitrogen and oxygen atoms in total. The Kier molecular flexibility index (Phi) is 2.55. The van der Waals surface area contributed by atoms with Gasteiger partial charge >= 0.3 is 12.0 Å². The number of aromatic nitrogens is 2. The number of aliphatic carboxylic acids is 1. The zero-order chi connectivity index (χ0) is 11.5. The Labute approximate surface area is 90.7 Å². The molecule has 0 radical (unpaired) electrons. The standard InChI is InChI=1S/C10H9N3O3/c11-10-12-8(13-16-10)7(9(14)15)6-4-2-1-3-5-6/h1-5,7H,(H,14,15)(H2,11,12,13). The maximum absolute atomic E-state index is 11.1. The smallest absolute Gasteiger partial charge is 0.318 e. The fourth-order valence-corrected chi connectivity index (χ4v) is 1.41. The summed E-state index contributed by atoms with van der Waals surface area (Å²) in [5.41, 5.74) is 5.84. The zero-order valence-corrected chi connectivity index (χ0v) is 8.20. The molecule has 2 aromatic rings. The molecular weight excluding hydrogens is 210 g/mol. The van der Waals surface area contributed by atoms with Gasteiger partial charge in [0.2, 0.25) is 0 Å². The van der Waals surface area contributed by atoms with Crippen LogP contribution in [0, 0.1) is 0 Å². The van der Waals surface area contributed by atoms with E-state index in [0.717, 1.165) is 0 Å². The molecular formula is C10H9N3O3.